The number of likely N-dealkylation sites (tertiary alicyclic amines) is 1. The summed E-state index contributed by atoms with van der Waals surface area (Å²) in [5, 5.41) is 0. The van der Waals surface area contributed by atoms with E-state index in [0.717, 1.165) is 31.8 Å². The molecule has 5 heteroatoms. The third-order valence-corrected chi connectivity index (χ3v) is 3.86. The normalized spacial score (nSPS) is 20.6. The van der Waals surface area contributed by atoms with Crippen molar-refractivity contribution in [3.63, 3.8) is 0 Å². The van der Waals surface area contributed by atoms with Crippen molar-refractivity contribution >= 4 is 5.97 Å². The maximum absolute atomic E-state index is 11.5. The standard InChI is InChI=1S/C15H22N2O3/c1-19-13-5-3-11(4-6-13)9-17-8-7-12(10-17)14(16)15(18)20-2/h3-6,12,14H,7-10,16H2,1-2H3. The zero-order valence-electron chi connectivity index (χ0n) is 12.0. The van der Waals surface area contributed by atoms with E-state index >= 15 is 0 Å². The van der Waals surface area contributed by atoms with Crippen LogP contribution in [0.25, 0.3) is 0 Å². The van der Waals surface area contributed by atoms with E-state index in [1.807, 2.05) is 12.1 Å². The molecule has 1 fully saturated rings. The van der Waals surface area contributed by atoms with Crippen molar-refractivity contribution in [3.8, 4) is 5.75 Å². The SMILES string of the molecule is COC(=O)C(N)C1CCN(Cc2ccc(OC)cc2)C1. The molecule has 20 heavy (non-hydrogen) atoms. The Morgan fingerprint density at radius 2 is 2.10 bits per heavy atom. The fourth-order valence-corrected chi connectivity index (χ4v) is 2.62. The van der Waals surface area contributed by atoms with Crippen molar-refractivity contribution in [1.29, 1.82) is 0 Å². The Hall–Kier alpha value is -1.59. The Labute approximate surface area is 119 Å². The first kappa shape index (κ1) is 14.8. The Bertz CT molecular complexity index is 447. The predicted molar refractivity (Wildman–Crippen MR) is 76.4 cm³/mol. The van der Waals surface area contributed by atoms with Gasteiger partial charge in [-0.1, -0.05) is 12.1 Å². The van der Waals surface area contributed by atoms with Gasteiger partial charge in [0.25, 0.3) is 0 Å². The van der Waals surface area contributed by atoms with Crippen LogP contribution in [0.5, 0.6) is 5.75 Å². The quantitative estimate of drug-likeness (QED) is 0.815. The van der Waals surface area contributed by atoms with Crippen molar-refractivity contribution in [2.24, 2.45) is 11.7 Å². The van der Waals surface area contributed by atoms with Crippen LogP contribution in [0.3, 0.4) is 0 Å². The lowest BCUT2D eigenvalue weighted by Gasteiger charge is -2.19. The van der Waals surface area contributed by atoms with Crippen LogP contribution in [-0.2, 0) is 16.1 Å². The molecule has 1 aromatic carbocycles. The van der Waals surface area contributed by atoms with Crippen molar-refractivity contribution in [2.45, 2.75) is 19.0 Å². The van der Waals surface area contributed by atoms with Gasteiger partial charge in [0.05, 0.1) is 14.2 Å². The summed E-state index contributed by atoms with van der Waals surface area (Å²) in [6.45, 7) is 2.66. The molecule has 1 aliphatic heterocycles. The number of hydrogen-bond donors (Lipinski definition) is 1. The number of rotatable bonds is 5. The monoisotopic (exact) mass is 278 g/mol. The highest BCUT2D eigenvalue weighted by Crippen LogP contribution is 2.22. The molecule has 0 aliphatic carbocycles. The molecule has 2 atom stereocenters. The zero-order chi connectivity index (χ0) is 14.5. The van der Waals surface area contributed by atoms with Crippen molar-refractivity contribution in [1.82, 2.24) is 4.90 Å². The van der Waals surface area contributed by atoms with E-state index < -0.39 is 6.04 Å². The summed E-state index contributed by atoms with van der Waals surface area (Å²) in [6, 6.07) is 7.53. The molecule has 1 aromatic rings. The van der Waals surface area contributed by atoms with Crippen LogP contribution in [0.1, 0.15) is 12.0 Å². The second-order valence-electron chi connectivity index (χ2n) is 5.18. The van der Waals surface area contributed by atoms with Gasteiger partial charge < -0.3 is 15.2 Å². The molecular weight excluding hydrogens is 256 g/mol. The van der Waals surface area contributed by atoms with Gasteiger partial charge in [-0.3, -0.25) is 9.69 Å². The lowest BCUT2D eigenvalue weighted by atomic mass is 10.0. The van der Waals surface area contributed by atoms with E-state index in [0.29, 0.717) is 0 Å². The van der Waals surface area contributed by atoms with Crippen molar-refractivity contribution < 1.29 is 14.3 Å². The molecule has 0 aromatic heterocycles. The number of carbonyl (C=O) groups is 1. The first-order valence-corrected chi connectivity index (χ1v) is 6.82. The van der Waals surface area contributed by atoms with Gasteiger partial charge >= 0.3 is 5.97 Å². The molecule has 5 nitrogen and oxygen atoms in total. The van der Waals surface area contributed by atoms with Crippen LogP contribution in [-0.4, -0.2) is 44.2 Å². The van der Waals surface area contributed by atoms with Gasteiger partial charge in [0, 0.05) is 13.1 Å². The van der Waals surface area contributed by atoms with E-state index in [9.17, 15) is 4.79 Å². The first-order chi connectivity index (χ1) is 9.63. The molecule has 0 bridgehead atoms. The van der Waals surface area contributed by atoms with E-state index in [1.165, 1.54) is 12.7 Å². The van der Waals surface area contributed by atoms with Gasteiger partial charge in [-0.2, -0.15) is 0 Å². The molecule has 0 spiro atoms. The lowest BCUT2D eigenvalue weighted by Crippen LogP contribution is -2.40. The highest BCUT2D eigenvalue weighted by atomic mass is 16.5. The molecule has 1 heterocycles. The number of ether oxygens (including phenoxy) is 2. The maximum Gasteiger partial charge on any atom is 0.322 e. The highest BCUT2D eigenvalue weighted by Gasteiger charge is 2.31. The highest BCUT2D eigenvalue weighted by molar-refractivity contribution is 5.75. The van der Waals surface area contributed by atoms with Gasteiger partial charge in [-0.15, -0.1) is 0 Å². The van der Waals surface area contributed by atoms with E-state index in [-0.39, 0.29) is 11.9 Å². The number of nitrogens with zero attached hydrogens (tertiary/aromatic N) is 1. The fourth-order valence-electron chi connectivity index (χ4n) is 2.62. The average Bonchev–Trinajstić information content (AvgIpc) is 2.95. The number of hydrogen-bond acceptors (Lipinski definition) is 5. The van der Waals surface area contributed by atoms with Crippen molar-refractivity contribution in [2.75, 3.05) is 27.3 Å². The van der Waals surface area contributed by atoms with Gasteiger partial charge in [0.1, 0.15) is 11.8 Å². The summed E-state index contributed by atoms with van der Waals surface area (Å²) in [6.07, 6.45) is 0.937. The Morgan fingerprint density at radius 1 is 1.40 bits per heavy atom. The van der Waals surface area contributed by atoms with E-state index in [2.05, 4.69) is 17.0 Å². The molecule has 0 amide bonds. The largest absolute Gasteiger partial charge is 0.497 e. The first-order valence-electron chi connectivity index (χ1n) is 6.82. The van der Waals surface area contributed by atoms with Crippen LogP contribution >= 0.6 is 0 Å². The van der Waals surface area contributed by atoms with Crippen LogP contribution < -0.4 is 10.5 Å². The summed E-state index contributed by atoms with van der Waals surface area (Å²) < 4.78 is 9.85. The molecule has 2 unspecified atom stereocenters. The van der Waals surface area contributed by atoms with Gasteiger partial charge in [0.15, 0.2) is 0 Å². The van der Waals surface area contributed by atoms with Crippen LogP contribution in [0.2, 0.25) is 0 Å². The summed E-state index contributed by atoms with van der Waals surface area (Å²) in [5.41, 5.74) is 7.14. The molecule has 1 aliphatic rings. The second-order valence-corrected chi connectivity index (χ2v) is 5.18. The van der Waals surface area contributed by atoms with Gasteiger partial charge in [-0.25, -0.2) is 0 Å². The van der Waals surface area contributed by atoms with Crippen LogP contribution in [0.15, 0.2) is 24.3 Å². The smallest absolute Gasteiger partial charge is 0.322 e. The summed E-state index contributed by atoms with van der Waals surface area (Å²) in [5.74, 6) is 0.725. The third kappa shape index (κ3) is 3.49. The van der Waals surface area contributed by atoms with Gasteiger partial charge in [-0.05, 0) is 36.6 Å². The summed E-state index contributed by atoms with van der Waals surface area (Å²) >= 11 is 0. The van der Waals surface area contributed by atoms with E-state index in [1.54, 1.807) is 7.11 Å². The molecule has 2 N–H and O–H groups in total. The number of nitrogens with two attached hydrogens (primary N) is 1. The maximum atomic E-state index is 11.5. The Morgan fingerprint density at radius 3 is 2.70 bits per heavy atom. The average molecular weight is 278 g/mol. The molecule has 2 rings (SSSR count). The Balaban J connectivity index is 1.87. The minimum Gasteiger partial charge on any atom is -0.497 e. The molecule has 0 saturated carbocycles. The topological polar surface area (TPSA) is 64.8 Å². The zero-order valence-corrected chi connectivity index (χ0v) is 12.0. The number of carbonyl (C=O) groups excluding carboxylic acids is 1. The summed E-state index contributed by atoms with van der Waals surface area (Å²) in [7, 11) is 3.04. The Kier molecular flexibility index (Phi) is 4.98. The number of methoxy groups -OCH3 is 2. The molecular formula is C15H22N2O3. The lowest BCUT2D eigenvalue weighted by molar-refractivity contribution is -0.143. The third-order valence-electron chi connectivity index (χ3n) is 3.86. The van der Waals surface area contributed by atoms with Crippen molar-refractivity contribution in [3.05, 3.63) is 29.8 Å². The van der Waals surface area contributed by atoms with Crippen LogP contribution in [0.4, 0.5) is 0 Å². The van der Waals surface area contributed by atoms with Gasteiger partial charge in [0.2, 0.25) is 0 Å². The number of esters is 1. The molecule has 0 radical (unpaired) electrons. The second kappa shape index (κ2) is 6.72. The summed E-state index contributed by atoms with van der Waals surface area (Å²) in [4.78, 5) is 13.8. The van der Waals surface area contributed by atoms with E-state index in [4.69, 9.17) is 15.2 Å². The number of benzene rings is 1. The minimum absolute atomic E-state index is 0.181. The van der Waals surface area contributed by atoms with Crippen LogP contribution in [0, 0.1) is 5.92 Å². The molecule has 1 saturated heterocycles. The fraction of sp³-hybridized carbons (Fsp3) is 0.533. The minimum atomic E-state index is -0.513. The molecule has 110 valence electrons. The predicted octanol–water partition coefficient (Wildman–Crippen LogP) is 1.02.